The molecule has 2 aromatic heterocycles. The molecule has 0 saturated carbocycles. The van der Waals surface area contributed by atoms with Crippen LogP contribution in [0.4, 0.5) is 11.5 Å². The maximum atomic E-state index is 12.9. The van der Waals surface area contributed by atoms with Crippen LogP contribution in [0, 0.1) is 5.92 Å². The van der Waals surface area contributed by atoms with Crippen molar-refractivity contribution in [1.29, 1.82) is 0 Å². The van der Waals surface area contributed by atoms with E-state index < -0.39 is 0 Å². The maximum absolute atomic E-state index is 12.9. The van der Waals surface area contributed by atoms with Gasteiger partial charge in [-0.25, -0.2) is 4.98 Å². The van der Waals surface area contributed by atoms with Gasteiger partial charge >= 0.3 is 0 Å². The number of ether oxygens (including phenoxy) is 1. The molecule has 0 atom stereocenters. The number of para-hydroxylation sites is 2. The van der Waals surface area contributed by atoms with Gasteiger partial charge in [-0.05, 0) is 55.3 Å². The van der Waals surface area contributed by atoms with Crippen LogP contribution in [0.25, 0.3) is 16.6 Å². The van der Waals surface area contributed by atoms with Crippen molar-refractivity contribution < 1.29 is 9.53 Å². The zero-order chi connectivity index (χ0) is 21.4. The van der Waals surface area contributed by atoms with E-state index >= 15 is 0 Å². The molecule has 0 aliphatic carbocycles. The normalized spacial score (nSPS) is 14.8. The highest BCUT2D eigenvalue weighted by Gasteiger charge is 2.27. The van der Waals surface area contributed by atoms with Crippen molar-refractivity contribution >= 4 is 45.6 Å². The summed E-state index contributed by atoms with van der Waals surface area (Å²) in [6.45, 7) is 1.55. The van der Waals surface area contributed by atoms with Crippen molar-refractivity contribution in [2.75, 3.05) is 30.4 Å². The first-order valence-corrected chi connectivity index (χ1v) is 10.8. The summed E-state index contributed by atoms with van der Waals surface area (Å²) in [4.78, 5) is 20.1. The molecule has 0 unspecified atom stereocenters. The first-order valence-electron chi connectivity index (χ1n) is 10.4. The van der Waals surface area contributed by atoms with Crippen molar-refractivity contribution in [2.45, 2.75) is 12.8 Å². The molecule has 31 heavy (non-hydrogen) atoms. The van der Waals surface area contributed by atoms with Gasteiger partial charge < -0.3 is 19.4 Å². The summed E-state index contributed by atoms with van der Waals surface area (Å²) in [7, 11) is 1.58. The molecule has 0 bridgehead atoms. The largest absolute Gasteiger partial charge is 0.495 e. The van der Waals surface area contributed by atoms with Gasteiger partial charge in [-0.3, -0.25) is 4.79 Å². The van der Waals surface area contributed by atoms with E-state index in [9.17, 15) is 4.79 Å². The standard InChI is InChI=1S/C24H23ClN4O2/c1-31-22-9-8-17(25)15-19(22)27-24(30)16-10-13-28(14-11-16)23-21-7-4-12-29(21)20-6-3-2-5-18(20)26-23/h2-9,12,15-16H,10-11,13-14H2,1H3,(H,27,30). The molecule has 1 aliphatic heterocycles. The molecule has 1 aliphatic rings. The minimum absolute atomic E-state index is 0.000444. The summed E-state index contributed by atoms with van der Waals surface area (Å²) in [5.41, 5.74) is 3.75. The molecule has 158 valence electrons. The van der Waals surface area contributed by atoms with Gasteiger partial charge in [0, 0.05) is 30.2 Å². The minimum atomic E-state index is -0.0665. The molecule has 1 N–H and O–H groups in total. The number of carbonyl (C=O) groups is 1. The molecule has 7 heteroatoms. The zero-order valence-corrected chi connectivity index (χ0v) is 18.0. The van der Waals surface area contributed by atoms with Gasteiger partial charge in [0.25, 0.3) is 0 Å². The smallest absolute Gasteiger partial charge is 0.227 e. The number of amides is 1. The summed E-state index contributed by atoms with van der Waals surface area (Å²) in [6, 6.07) is 17.5. The number of piperidine rings is 1. The summed E-state index contributed by atoms with van der Waals surface area (Å²) < 4.78 is 7.52. The lowest BCUT2D eigenvalue weighted by molar-refractivity contribution is -0.120. The van der Waals surface area contributed by atoms with Crippen LogP contribution < -0.4 is 15.0 Å². The Morgan fingerprint density at radius 2 is 1.87 bits per heavy atom. The SMILES string of the molecule is COc1ccc(Cl)cc1NC(=O)C1CCN(c2nc3ccccc3n3cccc23)CC1. The molecule has 0 radical (unpaired) electrons. The van der Waals surface area contributed by atoms with Crippen LogP contribution in [0.3, 0.4) is 0 Å². The topological polar surface area (TPSA) is 58.9 Å². The Morgan fingerprint density at radius 3 is 2.68 bits per heavy atom. The summed E-state index contributed by atoms with van der Waals surface area (Å²) in [5.74, 6) is 1.51. The molecular formula is C24H23ClN4O2. The first kappa shape index (κ1) is 19.7. The number of hydrogen-bond acceptors (Lipinski definition) is 4. The molecule has 1 saturated heterocycles. The van der Waals surface area contributed by atoms with Crippen LogP contribution in [-0.4, -0.2) is 35.5 Å². The fraction of sp³-hybridized carbons (Fsp3) is 0.250. The highest BCUT2D eigenvalue weighted by atomic mass is 35.5. The van der Waals surface area contributed by atoms with Gasteiger partial charge in [0.2, 0.25) is 5.91 Å². The number of nitrogens with one attached hydrogen (secondary N) is 1. The molecule has 2 aromatic carbocycles. The van der Waals surface area contributed by atoms with Crippen molar-refractivity contribution in [2.24, 2.45) is 5.92 Å². The molecule has 5 rings (SSSR count). The maximum Gasteiger partial charge on any atom is 0.227 e. The van der Waals surface area contributed by atoms with Crippen LogP contribution in [0.2, 0.25) is 5.02 Å². The number of benzene rings is 2. The van der Waals surface area contributed by atoms with E-state index in [1.165, 1.54) is 0 Å². The number of carbonyl (C=O) groups excluding carboxylic acids is 1. The number of aromatic nitrogens is 2. The van der Waals surface area contributed by atoms with Gasteiger partial charge in [0.15, 0.2) is 5.82 Å². The van der Waals surface area contributed by atoms with Crippen LogP contribution in [0.5, 0.6) is 5.75 Å². The lowest BCUT2D eigenvalue weighted by Gasteiger charge is -2.32. The van der Waals surface area contributed by atoms with Crippen LogP contribution >= 0.6 is 11.6 Å². The molecule has 4 aromatic rings. The highest BCUT2D eigenvalue weighted by molar-refractivity contribution is 6.31. The summed E-state index contributed by atoms with van der Waals surface area (Å²) in [5, 5.41) is 3.55. The monoisotopic (exact) mass is 434 g/mol. The predicted molar refractivity (Wildman–Crippen MR) is 124 cm³/mol. The van der Waals surface area contributed by atoms with Crippen molar-refractivity contribution in [3.05, 3.63) is 65.8 Å². The fourth-order valence-electron chi connectivity index (χ4n) is 4.31. The van der Waals surface area contributed by atoms with E-state index in [2.05, 4.69) is 32.9 Å². The second kappa shape index (κ2) is 8.12. The van der Waals surface area contributed by atoms with Crippen LogP contribution in [0.1, 0.15) is 12.8 Å². The zero-order valence-electron chi connectivity index (χ0n) is 17.2. The lowest BCUT2D eigenvalue weighted by atomic mass is 9.95. The third kappa shape index (κ3) is 3.68. The summed E-state index contributed by atoms with van der Waals surface area (Å²) >= 11 is 6.09. The van der Waals surface area contributed by atoms with Crippen molar-refractivity contribution in [3.8, 4) is 5.75 Å². The molecule has 6 nitrogen and oxygen atoms in total. The Hall–Kier alpha value is -3.25. The van der Waals surface area contributed by atoms with E-state index in [-0.39, 0.29) is 11.8 Å². The molecular weight excluding hydrogens is 412 g/mol. The molecule has 1 fully saturated rings. The Balaban J connectivity index is 1.33. The number of fused-ring (bicyclic) bond motifs is 3. The number of rotatable bonds is 4. The van der Waals surface area contributed by atoms with Gasteiger partial charge in [-0.1, -0.05) is 23.7 Å². The molecule has 0 spiro atoms. The summed E-state index contributed by atoms with van der Waals surface area (Å²) in [6.07, 6.45) is 3.59. The quantitative estimate of drug-likeness (QED) is 0.490. The second-order valence-electron chi connectivity index (χ2n) is 7.78. The number of anilines is 2. The van der Waals surface area contributed by atoms with Crippen LogP contribution in [-0.2, 0) is 4.79 Å². The van der Waals surface area contributed by atoms with E-state index in [1.807, 2.05) is 24.3 Å². The second-order valence-corrected chi connectivity index (χ2v) is 8.22. The first-order chi connectivity index (χ1) is 15.1. The van der Waals surface area contributed by atoms with E-state index in [0.717, 1.165) is 48.3 Å². The lowest BCUT2D eigenvalue weighted by Crippen LogP contribution is -2.38. The average Bonchev–Trinajstić information content (AvgIpc) is 3.29. The van der Waals surface area contributed by atoms with E-state index in [4.69, 9.17) is 21.3 Å². The minimum Gasteiger partial charge on any atom is -0.495 e. The van der Waals surface area contributed by atoms with Crippen molar-refractivity contribution in [3.63, 3.8) is 0 Å². The number of halogens is 1. The Kier molecular flexibility index (Phi) is 5.16. The highest BCUT2D eigenvalue weighted by Crippen LogP contribution is 2.31. The molecule has 1 amide bonds. The predicted octanol–water partition coefficient (Wildman–Crippen LogP) is 5.00. The van der Waals surface area contributed by atoms with Gasteiger partial charge in [-0.2, -0.15) is 0 Å². The van der Waals surface area contributed by atoms with Gasteiger partial charge in [-0.15, -0.1) is 0 Å². The van der Waals surface area contributed by atoms with E-state index in [0.29, 0.717) is 16.5 Å². The van der Waals surface area contributed by atoms with Gasteiger partial charge in [0.05, 0.1) is 29.3 Å². The molecule has 3 heterocycles. The Morgan fingerprint density at radius 1 is 1.10 bits per heavy atom. The van der Waals surface area contributed by atoms with Gasteiger partial charge in [0.1, 0.15) is 5.75 Å². The average molecular weight is 435 g/mol. The fourth-order valence-corrected chi connectivity index (χ4v) is 4.48. The number of nitrogens with zero attached hydrogens (tertiary/aromatic N) is 3. The van der Waals surface area contributed by atoms with Crippen LogP contribution in [0.15, 0.2) is 60.8 Å². The number of methoxy groups -OCH3 is 1. The Bertz CT molecular complexity index is 1260. The third-order valence-corrected chi connectivity index (χ3v) is 6.17. The third-order valence-electron chi connectivity index (χ3n) is 5.93. The Labute approximate surface area is 185 Å². The van der Waals surface area contributed by atoms with E-state index in [1.54, 1.807) is 25.3 Å². The number of hydrogen-bond donors (Lipinski definition) is 1. The van der Waals surface area contributed by atoms with Crippen molar-refractivity contribution in [1.82, 2.24) is 9.38 Å².